The van der Waals surface area contributed by atoms with Crippen LogP contribution in [0.3, 0.4) is 0 Å². The van der Waals surface area contributed by atoms with Crippen LogP contribution in [0.4, 0.5) is 0 Å². The lowest BCUT2D eigenvalue weighted by Gasteiger charge is -2.15. The largest absolute Gasteiger partial charge is 0.294 e. The van der Waals surface area contributed by atoms with Gasteiger partial charge in [0.15, 0.2) is 5.78 Å². The lowest BCUT2D eigenvalue weighted by Crippen LogP contribution is -2.11. The van der Waals surface area contributed by atoms with Crippen LogP contribution in [-0.2, 0) is 6.42 Å². The van der Waals surface area contributed by atoms with E-state index in [4.69, 9.17) is 0 Å². The molecule has 0 fully saturated rings. The fraction of sp³-hybridized carbons (Fsp3) is 0.300. The van der Waals surface area contributed by atoms with Gasteiger partial charge in [-0.05, 0) is 47.1 Å². The highest BCUT2D eigenvalue weighted by Gasteiger charge is 2.17. The van der Waals surface area contributed by atoms with Gasteiger partial charge in [0.1, 0.15) is 0 Å². The molecule has 0 aromatic heterocycles. The zero-order valence-corrected chi connectivity index (χ0v) is 8.80. The van der Waals surface area contributed by atoms with Crippen LogP contribution in [0.25, 0.3) is 0 Å². The number of carbonyl (C=O) groups is 1. The molecule has 1 aliphatic rings. The minimum Gasteiger partial charge on any atom is -0.294 e. The third-order valence-corrected chi connectivity index (χ3v) is 3.26. The van der Waals surface area contributed by atoms with Gasteiger partial charge < -0.3 is 0 Å². The molecule has 0 aliphatic heterocycles. The van der Waals surface area contributed by atoms with Crippen LogP contribution in [0.15, 0.2) is 18.2 Å². The van der Waals surface area contributed by atoms with Crippen LogP contribution < -0.4 is 0 Å². The average molecular weight is 272 g/mol. The summed E-state index contributed by atoms with van der Waals surface area (Å²) >= 11 is 2.30. The molecule has 0 bridgehead atoms. The number of hydrogen-bond donors (Lipinski definition) is 0. The van der Waals surface area contributed by atoms with Gasteiger partial charge in [-0.25, -0.2) is 0 Å². The lowest BCUT2D eigenvalue weighted by atomic mass is 9.91. The molecule has 2 heteroatoms. The molecule has 62 valence electrons. The predicted octanol–water partition coefficient (Wildman–Crippen LogP) is 2.81. The van der Waals surface area contributed by atoms with Crippen molar-refractivity contribution < 1.29 is 4.79 Å². The molecule has 1 aromatic rings. The standard InChI is InChI=1S/C10H9IO/c11-9-5-1-4-8-7(9)3-2-6-10(8)12/h1,4-5H,2-3,6H2. The Balaban J connectivity index is 2.59. The summed E-state index contributed by atoms with van der Waals surface area (Å²) in [5.41, 5.74) is 2.21. The number of carbonyl (C=O) groups excluding carboxylic acids is 1. The van der Waals surface area contributed by atoms with E-state index in [1.165, 1.54) is 9.13 Å². The minimum absolute atomic E-state index is 0.315. The molecule has 0 N–H and O–H groups in total. The Morgan fingerprint density at radius 2 is 2.08 bits per heavy atom. The van der Waals surface area contributed by atoms with Gasteiger partial charge in [-0.2, -0.15) is 0 Å². The number of rotatable bonds is 0. The first kappa shape index (κ1) is 8.23. The molecule has 0 amide bonds. The van der Waals surface area contributed by atoms with E-state index >= 15 is 0 Å². The molecule has 0 saturated carbocycles. The number of Topliss-reactive ketones (excluding diaryl/α,β-unsaturated/α-hetero) is 1. The van der Waals surface area contributed by atoms with Crippen molar-refractivity contribution in [2.24, 2.45) is 0 Å². The maximum atomic E-state index is 11.4. The van der Waals surface area contributed by atoms with Crippen molar-refractivity contribution in [1.29, 1.82) is 0 Å². The molecule has 1 aliphatic carbocycles. The van der Waals surface area contributed by atoms with Crippen LogP contribution in [0.5, 0.6) is 0 Å². The van der Waals surface area contributed by atoms with Crippen LogP contribution in [-0.4, -0.2) is 5.78 Å². The minimum atomic E-state index is 0.315. The van der Waals surface area contributed by atoms with E-state index in [-0.39, 0.29) is 0 Å². The molecule has 0 atom stereocenters. The fourth-order valence-electron chi connectivity index (χ4n) is 1.63. The van der Waals surface area contributed by atoms with Crippen molar-refractivity contribution in [3.8, 4) is 0 Å². The van der Waals surface area contributed by atoms with Gasteiger partial charge in [0, 0.05) is 15.6 Å². The molecule has 2 rings (SSSR count). The lowest BCUT2D eigenvalue weighted by molar-refractivity contribution is 0.0972. The van der Waals surface area contributed by atoms with Crippen molar-refractivity contribution in [2.75, 3.05) is 0 Å². The maximum Gasteiger partial charge on any atom is 0.163 e. The molecule has 0 unspecified atom stereocenters. The Kier molecular flexibility index (Phi) is 2.17. The van der Waals surface area contributed by atoms with Gasteiger partial charge in [0.05, 0.1) is 0 Å². The molecule has 0 spiro atoms. The number of ketones is 1. The SMILES string of the molecule is O=C1CCCc2c(I)cccc21. The fourth-order valence-corrected chi connectivity index (χ4v) is 2.40. The summed E-state index contributed by atoms with van der Waals surface area (Å²) in [6, 6.07) is 5.97. The van der Waals surface area contributed by atoms with Crippen LogP contribution in [0, 0.1) is 3.57 Å². The molecular weight excluding hydrogens is 263 g/mol. The van der Waals surface area contributed by atoms with Gasteiger partial charge in [-0.15, -0.1) is 0 Å². The van der Waals surface area contributed by atoms with Gasteiger partial charge >= 0.3 is 0 Å². The molecule has 0 heterocycles. The molecule has 1 nitrogen and oxygen atoms in total. The van der Waals surface area contributed by atoms with Crippen LogP contribution in [0.2, 0.25) is 0 Å². The summed E-state index contributed by atoms with van der Waals surface area (Å²) in [6.45, 7) is 0. The summed E-state index contributed by atoms with van der Waals surface area (Å²) in [4.78, 5) is 11.4. The smallest absolute Gasteiger partial charge is 0.163 e. The summed E-state index contributed by atoms with van der Waals surface area (Å²) in [6.07, 6.45) is 2.82. The summed E-state index contributed by atoms with van der Waals surface area (Å²) in [5.74, 6) is 0.315. The molecule has 0 radical (unpaired) electrons. The summed E-state index contributed by atoms with van der Waals surface area (Å²) in [7, 11) is 0. The summed E-state index contributed by atoms with van der Waals surface area (Å²) in [5, 5.41) is 0. The maximum absolute atomic E-state index is 11.4. The third kappa shape index (κ3) is 1.28. The van der Waals surface area contributed by atoms with Crippen molar-refractivity contribution in [2.45, 2.75) is 19.3 Å². The second-order valence-corrected chi connectivity index (χ2v) is 4.20. The van der Waals surface area contributed by atoms with E-state index in [1.807, 2.05) is 12.1 Å². The highest BCUT2D eigenvalue weighted by Crippen LogP contribution is 2.25. The first-order chi connectivity index (χ1) is 5.79. The number of hydrogen-bond acceptors (Lipinski definition) is 1. The van der Waals surface area contributed by atoms with Gasteiger partial charge in [0.25, 0.3) is 0 Å². The molecule has 12 heavy (non-hydrogen) atoms. The number of benzene rings is 1. The highest BCUT2D eigenvalue weighted by atomic mass is 127. The zero-order valence-electron chi connectivity index (χ0n) is 6.64. The predicted molar refractivity (Wildman–Crippen MR) is 56.4 cm³/mol. The quantitative estimate of drug-likeness (QED) is 0.664. The Hall–Kier alpha value is -0.380. The van der Waals surface area contributed by atoms with Crippen LogP contribution >= 0.6 is 22.6 Å². The van der Waals surface area contributed by atoms with E-state index in [1.54, 1.807) is 0 Å². The molecular formula is C10H9IO. The van der Waals surface area contributed by atoms with Crippen molar-refractivity contribution in [3.05, 3.63) is 32.9 Å². The Morgan fingerprint density at radius 3 is 2.83 bits per heavy atom. The first-order valence-electron chi connectivity index (χ1n) is 4.09. The van der Waals surface area contributed by atoms with Gasteiger partial charge in [-0.1, -0.05) is 12.1 Å². The normalized spacial score (nSPS) is 15.9. The number of fused-ring (bicyclic) bond motifs is 1. The zero-order chi connectivity index (χ0) is 8.55. The first-order valence-corrected chi connectivity index (χ1v) is 5.17. The molecule has 1 aromatic carbocycles. The van der Waals surface area contributed by atoms with Crippen molar-refractivity contribution in [1.82, 2.24) is 0 Å². The molecule has 0 saturated heterocycles. The van der Waals surface area contributed by atoms with E-state index in [2.05, 4.69) is 28.7 Å². The number of halogens is 1. The highest BCUT2D eigenvalue weighted by molar-refractivity contribution is 14.1. The second kappa shape index (κ2) is 3.17. The van der Waals surface area contributed by atoms with E-state index < -0.39 is 0 Å². The van der Waals surface area contributed by atoms with Crippen LogP contribution in [0.1, 0.15) is 28.8 Å². The Bertz CT molecular complexity index is 331. The topological polar surface area (TPSA) is 17.1 Å². The monoisotopic (exact) mass is 272 g/mol. The third-order valence-electron chi connectivity index (χ3n) is 2.25. The average Bonchev–Trinajstić information content (AvgIpc) is 2.07. The van der Waals surface area contributed by atoms with Crippen molar-refractivity contribution >= 4 is 28.4 Å². The van der Waals surface area contributed by atoms with E-state index in [0.717, 1.165) is 24.8 Å². The summed E-state index contributed by atoms with van der Waals surface area (Å²) < 4.78 is 1.23. The second-order valence-electron chi connectivity index (χ2n) is 3.04. The van der Waals surface area contributed by atoms with E-state index in [9.17, 15) is 4.79 Å². The van der Waals surface area contributed by atoms with Gasteiger partial charge in [-0.3, -0.25) is 4.79 Å². The van der Waals surface area contributed by atoms with Crippen molar-refractivity contribution in [3.63, 3.8) is 0 Å². The van der Waals surface area contributed by atoms with Gasteiger partial charge in [0.2, 0.25) is 0 Å². The Morgan fingerprint density at radius 1 is 1.25 bits per heavy atom. The Labute approximate surface area is 85.3 Å². The van der Waals surface area contributed by atoms with E-state index in [0.29, 0.717) is 5.78 Å².